The van der Waals surface area contributed by atoms with E-state index >= 15 is 0 Å². The van der Waals surface area contributed by atoms with Crippen LogP contribution in [0.3, 0.4) is 0 Å². The molecule has 0 spiro atoms. The van der Waals surface area contributed by atoms with Gasteiger partial charge in [-0.3, -0.25) is 4.79 Å². The lowest BCUT2D eigenvalue weighted by Gasteiger charge is -2.18. The second-order valence-electron chi connectivity index (χ2n) is 5.27. The van der Waals surface area contributed by atoms with Crippen LogP contribution >= 0.6 is 0 Å². The van der Waals surface area contributed by atoms with Crippen molar-refractivity contribution in [3.05, 3.63) is 0 Å². The molecule has 0 aromatic heterocycles. The van der Waals surface area contributed by atoms with E-state index in [2.05, 4.69) is 10.2 Å². The fourth-order valence-corrected chi connectivity index (χ4v) is 2.65. The Morgan fingerprint density at radius 3 is 2.82 bits per heavy atom. The molecule has 0 aromatic carbocycles. The number of hydrogen-bond acceptors (Lipinski definition) is 4. The SMILES string of the molecule is CCC(NCC1CCN(C2CC2)C1)C(=O)OC. The molecule has 2 aliphatic rings. The summed E-state index contributed by atoms with van der Waals surface area (Å²) in [5, 5.41) is 3.34. The van der Waals surface area contributed by atoms with Crippen molar-refractivity contribution in [1.29, 1.82) is 0 Å². The molecule has 0 aromatic rings. The highest BCUT2D eigenvalue weighted by Gasteiger charge is 2.34. The maximum Gasteiger partial charge on any atom is 0.322 e. The van der Waals surface area contributed by atoms with Crippen molar-refractivity contribution in [2.24, 2.45) is 5.92 Å². The normalized spacial score (nSPS) is 27.1. The van der Waals surface area contributed by atoms with Crippen LogP contribution in [0.15, 0.2) is 0 Å². The molecule has 0 radical (unpaired) electrons. The summed E-state index contributed by atoms with van der Waals surface area (Å²) in [6.07, 6.45) is 4.84. The average Bonchev–Trinajstić information content (AvgIpc) is 3.10. The topological polar surface area (TPSA) is 41.6 Å². The maximum atomic E-state index is 11.4. The number of methoxy groups -OCH3 is 1. The molecule has 1 saturated carbocycles. The van der Waals surface area contributed by atoms with E-state index in [4.69, 9.17) is 4.74 Å². The third-order valence-electron chi connectivity index (χ3n) is 3.93. The zero-order valence-corrected chi connectivity index (χ0v) is 10.9. The summed E-state index contributed by atoms with van der Waals surface area (Å²) in [7, 11) is 1.46. The van der Waals surface area contributed by atoms with Crippen molar-refractivity contribution >= 4 is 5.97 Å². The van der Waals surface area contributed by atoms with E-state index in [0.717, 1.165) is 19.0 Å². The monoisotopic (exact) mass is 240 g/mol. The van der Waals surface area contributed by atoms with E-state index in [1.54, 1.807) is 0 Å². The number of likely N-dealkylation sites (tertiary alicyclic amines) is 1. The van der Waals surface area contributed by atoms with Gasteiger partial charge in [0.1, 0.15) is 6.04 Å². The molecule has 1 N–H and O–H groups in total. The van der Waals surface area contributed by atoms with Crippen molar-refractivity contribution < 1.29 is 9.53 Å². The predicted molar refractivity (Wildman–Crippen MR) is 66.8 cm³/mol. The van der Waals surface area contributed by atoms with Gasteiger partial charge in [0, 0.05) is 19.1 Å². The van der Waals surface area contributed by atoms with E-state index in [-0.39, 0.29) is 12.0 Å². The third kappa shape index (κ3) is 3.42. The van der Waals surface area contributed by atoms with E-state index in [1.807, 2.05) is 6.92 Å². The Morgan fingerprint density at radius 1 is 1.47 bits per heavy atom. The van der Waals surface area contributed by atoms with Gasteiger partial charge < -0.3 is 15.0 Å². The third-order valence-corrected chi connectivity index (χ3v) is 3.93. The molecule has 1 aliphatic heterocycles. The molecule has 0 bridgehead atoms. The van der Waals surface area contributed by atoms with Crippen LogP contribution in [0.4, 0.5) is 0 Å². The van der Waals surface area contributed by atoms with Crippen LogP contribution in [0.25, 0.3) is 0 Å². The van der Waals surface area contributed by atoms with Gasteiger partial charge in [0.05, 0.1) is 7.11 Å². The Kier molecular flexibility index (Phi) is 4.40. The molecule has 2 rings (SSSR count). The predicted octanol–water partition coefficient (Wildman–Crippen LogP) is 1.01. The lowest BCUT2D eigenvalue weighted by Crippen LogP contribution is -2.40. The van der Waals surface area contributed by atoms with Crippen LogP contribution in [0.2, 0.25) is 0 Å². The summed E-state index contributed by atoms with van der Waals surface area (Å²) in [5.41, 5.74) is 0. The molecule has 2 atom stereocenters. The first-order chi connectivity index (χ1) is 8.24. The first-order valence-corrected chi connectivity index (χ1v) is 6.79. The Labute approximate surface area is 104 Å². The van der Waals surface area contributed by atoms with E-state index in [1.165, 1.54) is 39.5 Å². The maximum absolute atomic E-state index is 11.4. The van der Waals surface area contributed by atoms with Crippen molar-refractivity contribution in [3.8, 4) is 0 Å². The minimum Gasteiger partial charge on any atom is -0.468 e. The summed E-state index contributed by atoms with van der Waals surface area (Å²) in [4.78, 5) is 14.0. The molecule has 17 heavy (non-hydrogen) atoms. The van der Waals surface area contributed by atoms with Crippen LogP contribution in [-0.2, 0) is 9.53 Å². The van der Waals surface area contributed by atoms with Gasteiger partial charge in [0.2, 0.25) is 0 Å². The van der Waals surface area contributed by atoms with Crippen molar-refractivity contribution in [2.45, 2.75) is 44.7 Å². The Balaban J connectivity index is 1.68. The molecule has 4 nitrogen and oxygen atoms in total. The lowest BCUT2D eigenvalue weighted by atomic mass is 10.1. The number of nitrogens with one attached hydrogen (secondary N) is 1. The molecule has 98 valence electrons. The van der Waals surface area contributed by atoms with E-state index in [9.17, 15) is 4.79 Å². The minimum absolute atomic E-state index is 0.130. The largest absolute Gasteiger partial charge is 0.468 e. The van der Waals surface area contributed by atoms with Gasteiger partial charge in [-0.25, -0.2) is 0 Å². The molecule has 1 heterocycles. The van der Waals surface area contributed by atoms with Gasteiger partial charge in [-0.15, -0.1) is 0 Å². The van der Waals surface area contributed by atoms with Gasteiger partial charge in [-0.1, -0.05) is 6.92 Å². The highest BCUT2D eigenvalue weighted by molar-refractivity contribution is 5.75. The lowest BCUT2D eigenvalue weighted by molar-refractivity contribution is -0.143. The molecule has 1 aliphatic carbocycles. The second-order valence-corrected chi connectivity index (χ2v) is 5.27. The number of carbonyl (C=O) groups is 1. The molecular formula is C13H24N2O2. The highest BCUT2D eigenvalue weighted by Crippen LogP contribution is 2.31. The number of rotatable bonds is 6. The minimum atomic E-state index is -0.135. The summed E-state index contributed by atoms with van der Waals surface area (Å²) in [6, 6.07) is 0.748. The van der Waals surface area contributed by atoms with Crippen molar-refractivity contribution in [1.82, 2.24) is 10.2 Å². The summed E-state index contributed by atoms with van der Waals surface area (Å²) < 4.78 is 4.78. The van der Waals surface area contributed by atoms with E-state index < -0.39 is 0 Å². The average molecular weight is 240 g/mol. The van der Waals surface area contributed by atoms with Crippen LogP contribution in [0.1, 0.15) is 32.6 Å². The van der Waals surface area contributed by atoms with Gasteiger partial charge in [-0.05, 0) is 38.1 Å². The molecular weight excluding hydrogens is 216 g/mol. The fraction of sp³-hybridized carbons (Fsp3) is 0.923. The smallest absolute Gasteiger partial charge is 0.322 e. The van der Waals surface area contributed by atoms with Gasteiger partial charge in [-0.2, -0.15) is 0 Å². The molecule has 2 unspecified atom stereocenters. The highest BCUT2D eigenvalue weighted by atomic mass is 16.5. The first-order valence-electron chi connectivity index (χ1n) is 6.79. The Morgan fingerprint density at radius 2 is 2.24 bits per heavy atom. The number of nitrogens with zero attached hydrogens (tertiary/aromatic N) is 1. The Hall–Kier alpha value is -0.610. The van der Waals surface area contributed by atoms with Crippen molar-refractivity contribution in [3.63, 3.8) is 0 Å². The zero-order valence-electron chi connectivity index (χ0n) is 10.9. The van der Waals surface area contributed by atoms with Gasteiger partial charge >= 0.3 is 5.97 Å². The zero-order chi connectivity index (χ0) is 12.3. The fourth-order valence-electron chi connectivity index (χ4n) is 2.65. The molecule has 4 heteroatoms. The van der Waals surface area contributed by atoms with Crippen molar-refractivity contribution in [2.75, 3.05) is 26.7 Å². The standard InChI is InChI=1S/C13H24N2O2/c1-3-12(13(16)17-2)14-8-10-6-7-15(9-10)11-4-5-11/h10-12,14H,3-9H2,1-2H3. The van der Waals surface area contributed by atoms with Gasteiger partial charge in [0.25, 0.3) is 0 Å². The van der Waals surface area contributed by atoms with Crippen LogP contribution in [-0.4, -0.2) is 49.7 Å². The number of hydrogen-bond donors (Lipinski definition) is 1. The van der Waals surface area contributed by atoms with Gasteiger partial charge in [0.15, 0.2) is 0 Å². The molecule has 0 amide bonds. The first kappa shape index (κ1) is 12.8. The summed E-state index contributed by atoms with van der Waals surface area (Å²) >= 11 is 0. The Bertz CT molecular complexity index is 266. The van der Waals surface area contributed by atoms with Crippen LogP contribution in [0.5, 0.6) is 0 Å². The molecule has 1 saturated heterocycles. The quantitative estimate of drug-likeness (QED) is 0.704. The van der Waals surface area contributed by atoms with E-state index in [0.29, 0.717) is 5.92 Å². The number of ether oxygens (including phenoxy) is 1. The van der Waals surface area contributed by atoms with Crippen LogP contribution in [0, 0.1) is 5.92 Å². The summed E-state index contributed by atoms with van der Waals surface area (Å²) in [6.45, 7) is 5.40. The second kappa shape index (κ2) is 5.83. The number of esters is 1. The molecule has 2 fully saturated rings. The van der Waals surface area contributed by atoms with Crippen LogP contribution < -0.4 is 5.32 Å². The number of carbonyl (C=O) groups excluding carboxylic acids is 1. The summed E-state index contributed by atoms with van der Waals surface area (Å²) in [5.74, 6) is 0.568.